The van der Waals surface area contributed by atoms with Gasteiger partial charge in [0, 0.05) is 16.3 Å². The standard InChI is InChI=1S/C38H27N/c1-3-13-28(14-4-1)32-25-26-38(35(27-32)31-15-5-2-6-16-31)39(36-23-11-19-29-17-7-9-21-33(29)36)37-24-12-20-30-18-8-10-22-34(30)37/h1-27H. The lowest BCUT2D eigenvalue weighted by molar-refractivity contribution is 1.31. The Bertz CT molecular complexity index is 1820. The van der Waals surface area contributed by atoms with Crippen LogP contribution < -0.4 is 4.90 Å². The summed E-state index contributed by atoms with van der Waals surface area (Å²) in [6, 6.07) is 58.7. The highest BCUT2D eigenvalue weighted by Gasteiger charge is 2.21. The van der Waals surface area contributed by atoms with Gasteiger partial charge in [0.2, 0.25) is 0 Å². The van der Waals surface area contributed by atoms with Crippen molar-refractivity contribution in [1.82, 2.24) is 0 Å². The van der Waals surface area contributed by atoms with E-state index in [0.29, 0.717) is 0 Å². The predicted octanol–water partition coefficient (Wildman–Crippen LogP) is 10.8. The van der Waals surface area contributed by atoms with Crippen LogP contribution in [0.3, 0.4) is 0 Å². The lowest BCUT2D eigenvalue weighted by Gasteiger charge is -2.30. The molecule has 0 aliphatic heterocycles. The van der Waals surface area contributed by atoms with E-state index < -0.39 is 0 Å². The van der Waals surface area contributed by atoms with Crippen LogP contribution in [0.2, 0.25) is 0 Å². The van der Waals surface area contributed by atoms with Gasteiger partial charge in [-0.15, -0.1) is 0 Å². The lowest BCUT2D eigenvalue weighted by Crippen LogP contribution is -2.12. The van der Waals surface area contributed by atoms with Crippen LogP contribution in [0.4, 0.5) is 17.1 Å². The number of nitrogens with zero attached hydrogens (tertiary/aromatic N) is 1. The smallest absolute Gasteiger partial charge is 0.0540 e. The van der Waals surface area contributed by atoms with Crippen LogP contribution in [-0.4, -0.2) is 0 Å². The van der Waals surface area contributed by atoms with Crippen LogP contribution in [0.25, 0.3) is 43.8 Å². The van der Waals surface area contributed by atoms with Crippen LogP contribution in [-0.2, 0) is 0 Å². The monoisotopic (exact) mass is 497 g/mol. The number of hydrogen-bond donors (Lipinski definition) is 0. The first kappa shape index (κ1) is 23.0. The zero-order chi connectivity index (χ0) is 26.0. The molecule has 0 heterocycles. The van der Waals surface area contributed by atoms with Crippen molar-refractivity contribution < 1.29 is 0 Å². The van der Waals surface area contributed by atoms with Gasteiger partial charge in [0.25, 0.3) is 0 Å². The minimum Gasteiger partial charge on any atom is -0.309 e. The van der Waals surface area contributed by atoms with Gasteiger partial charge in [-0.2, -0.15) is 0 Å². The molecule has 7 rings (SSSR count). The van der Waals surface area contributed by atoms with Gasteiger partial charge in [0.05, 0.1) is 17.1 Å². The van der Waals surface area contributed by atoms with Crippen LogP contribution in [0.1, 0.15) is 0 Å². The maximum absolute atomic E-state index is 2.45. The van der Waals surface area contributed by atoms with E-state index in [9.17, 15) is 0 Å². The van der Waals surface area contributed by atoms with Gasteiger partial charge in [0.1, 0.15) is 0 Å². The summed E-state index contributed by atoms with van der Waals surface area (Å²) in [7, 11) is 0. The molecule has 39 heavy (non-hydrogen) atoms. The molecule has 0 N–H and O–H groups in total. The number of rotatable bonds is 5. The fourth-order valence-corrected chi connectivity index (χ4v) is 5.59. The minimum absolute atomic E-state index is 1.15. The molecule has 0 unspecified atom stereocenters. The quantitative estimate of drug-likeness (QED) is 0.229. The zero-order valence-corrected chi connectivity index (χ0v) is 21.5. The van der Waals surface area contributed by atoms with Gasteiger partial charge in [-0.05, 0) is 51.7 Å². The number of hydrogen-bond acceptors (Lipinski definition) is 1. The second-order valence-electron chi connectivity index (χ2n) is 9.80. The molecular formula is C38H27N. The fraction of sp³-hybridized carbons (Fsp3) is 0. The highest BCUT2D eigenvalue weighted by molar-refractivity contribution is 6.06. The second kappa shape index (κ2) is 9.96. The molecule has 0 saturated heterocycles. The Morgan fingerprint density at radius 2 is 0.795 bits per heavy atom. The van der Waals surface area contributed by atoms with Crippen molar-refractivity contribution in [3.63, 3.8) is 0 Å². The van der Waals surface area contributed by atoms with Crippen LogP contribution in [0.15, 0.2) is 164 Å². The summed E-state index contributed by atoms with van der Waals surface area (Å²) < 4.78 is 0. The molecule has 1 heteroatoms. The molecule has 0 aliphatic carbocycles. The van der Waals surface area contributed by atoms with Crippen LogP contribution in [0.5, 0.6) is 0 Å². The van der Waals surface area contributed by atoms with E-state index >= 15 is 0 Å². The van der Waals surface area contributed by atoms with Crippen LogP contribution >= 0.6 is 0 Å². The van der Waals surface area contributed by atoms with E-state index in [1.165, 1.54) is 43.8 Å². The summed E-state index contributed by atoms with van der Waals surface area (Å²) in [6.45, 7) is 0. The first-order chi connectivity index (χ1) is 19.4. The van der Waals surface area contributed by atoms with E-state index in [0.717, 1.165) is 17.1 Å². The third kappa shape index (κ3) is 4.24. The summed E-state index contributed by atoms with van der Waals surface area (Å²) in [6.07, 6.45) is 0. The van der Waals surface area contributed by atoms with Gasteiger partial charge in [-0.1, -0.05) is 140 Å². The van der Waals surface area contributed by atoms with Crippen molar-refractivity contribution in [1.29, 1.82) is 0 Å². The van der Waals surface area contributed by atoms with Gasteiger partial charge < -0.3 is 4.90 Å². The topological polar surface area (TPSA) is 3.24 Å². The SMILES string of the molecule is c1ccc(-c2ccc(N(c3cccc4ccccc34)c3cccc4ccccc34)c(-c3ccccc3)c2)cc1. The number of benzene rings is 7. The summed E-state index contributed by atoms with van der Waals surface area (Å²) in [5, 5.41) is 4.89. The van der Waals surface area contributed by atoms with Crippen molar-refractivity contribution in [3.05, 3.63) is 164 Å². The maximum Gasteiger partial charge on any atom is 0.0540 e. The van der Waals surface area contributed by atoms with Crippen molar-refractivity contribution in [3.8, 4) is 22.3 Å². The van der Waals surface area contributed by atoms with Crippen molar-refractivity contribution in [2.24, 2.45) is 0 Å². The Morgan fingerprint density at radius 3 is 1.38 bits per heavy atom. The van der Waals surface area contributed by atoms with Gasteiger partial charge in [0.15, 0.2) is 0 Å². The normalized spacial score (nSPS) is 11.1. The number of fused-ring (bicyclic) bond motifs is 2. The molecular weight excluding hydrogens is 470 g/mol. The summed E-state index contributed by atoms with van der Waals surface area (Å²) in [4.78, 5) is 2.45. The van der Waals surface area contributed by atoms with E-state index in [4.69, 9.17) is 0 Å². The number of anilines is 3. The Kier molecular flexibility index (Phi) is 5.88. The van der Waals surface area contributed by atoms with E-state index in [1.54, 1.807) is 0 Å². The molecule has 0 aromatic heterocycles. The molecule has 0 saturated carbocycles. The third-order valence-electron chi connectivity index (χ3n) is 7.44. The molecule has 0 bridgehead atoms. The van der Waals surface area contributed by atoms with Gasteiger partial charge >= 0.3 is 0 Å². The highest BCUT2D eigenvalue weighted by Crippen LogP contribution is 2.46. The molecule has 0 atom stereocenters. The Labute approximate surface area is 229 Å². The predicted molar refractivity (Wildman–Crippen MR) is 167 cm³/mol. The maximum atomic E-state index is 2.45. The summed E-state index contributed by atoms with van der Waals surface area (Å²) >= 11 is 0. The second-order valence-corrected chi connectivity index (χ2v) is 9.80. The molecule has 7 aromatic rings. The lowest BCUT2D eigenvalue weighted by atomic mass is 9.95. The molecule has 0 radical (unpaired) electrons. The van der Waals surface area contributed by atoms with Crippen LogP contribution in [0, 0.1) is 0 Å². The highest BCUT2D eigenvalue weighted by atomic mass is 15.1. The third-order valence-corrected chi connectivity index (χ3v) is 7.44. The first-order valence-corrected chi connectivity index (χ1v) is 13.4. The average molecular weight is 498 g/mol. The van der Waals surface area contributed by atoms with Crippen molar-refractivity contribution in [2.75, 3.05) is 4.90 Å². The van der Waals surface area contributed by atoms with E-state index in [-0.39, 0.29) is 0 Å². The molecule has 184 valence electrons. The zero-order valence-electron chi connectivity index (χ0n) is 21.5. The largest absolute Gasteiger partial charge is 0.309 e. The summed E-state index contributed by atoms with van der Waals surface area (Å²) in [5.41, 5.74) is 8.27. The van der Waals surface area contributed by atoms with Gasteiger partial charge in [-0.25, -0.2) is 0 Å². The van der Waals surface area contributed by atoms with Crippen molar-refractivity contribution >= 4 is 38.6 Å². The Morgan fingerprint density at radius 1 is 0.308 bits per heavy atom. The molecule has 7 aromatic carbocycles. The molecule has 1 nitrogen and oxygen atoms in total. The molecule has 0 aliphatic rings. The Balaban J connectivity index is 1.56. The molecule has 0 fully saturated rings. The molecule has 0 amide bonds. The van der Waals surface area contributed by atoms with E-state index in [2.05, 4.69) is 169 Å². The molecule has 0 spiro atoms. The Hall–Kier alpha value is -5.14. The fourth-order valence-electron chi connectivity index (χ4n) is 5.59. The first-order valence-electron chi connectivity index (χ1n) is 13.4. The van der Waals surface area contributed by atoms with Gasteiger partial charge in [-0.3, -0.25) is 0 Å². The average Bonchev–Trinajstić information content (AvgIpc) is 3.02. The summed E-state index contributed by atoms with van der Waals surface area (Å²) in [5.74, 6) is 0. The minimum atomic E-state index is 1.15. The van der Waals surface area contributed by atoms with E-state index in [1.807, 2.05) is 0 Å². The van der Waals surface area contributed by atoms with Crippen molar-refractivity contribution in [2.45, 2.75) is 0 Å².